The molecule has 3 rings (SSSR count). The molecule has 0 saturated carbocycles. The van der Waals surface area contributed by atoms with E-state index in [-0.39, 0.29) is 17.9 Å². The molecule has 2 saturated heterocycles. The zero-order chi connectivity index (χ0) is 15.6. The van der Waals surface area contributed by atoms with E-state index in [1.807, 2.05) is 13.1 Å². The lowest BCUT2D eigenvalue weighted by Gasteiger charge is -2.21. The maximum Gasteiger partial charge on any atom is 0.213 e. The van der Waals surface area contributed by atoms with E-state index in [9.17, 15) is 8.42 Å². The highest BCUT2D eigenvalue weighted by Crippen LogP contribution is 2.29. The third-order valence-electron chi connectivity index (χ3n) is 4.45. The smallest absolute Gasteiger partial charge is 0.213 e. The molecule has 0 bridgehead atoms. The fourth-order valence-corrected chi connectivity index (χ4v) is 4.53. The molecule has 0 aromatic carbocycles. The lowest BCUT2D eigenvalue weighted by atomic mass is 10.1. The molecule has 22 heavy (non-hydrogen) atoms. The summed E-state index contributed by atoms with van der Waals surface area (Å²) in [5.74, 6) is 0.154. The van der Waals surface area contributed by atoms with E-state index in [0.29, 0.717) is 19.6 Å². The van der Waals surface area contributed by atoms with Crippen LogP contribution in [0.2, 0.25) is 0 Å². The Morgan fingerprint density at radius 1 is 1.41 bits per heavy atom. The Morgan fingerprint density at radius 3 is 2.86 bits per heavy atom. The predicted molar refractivity (Wildman–Crippen MR) is 82.9 cm³/mol. The molecule has 1 aromatic heterocycles. The molecule has 3 heterocycles. The Bertz CT molecular complexity index is 595. The second-order valence-corrected chi connectivity index (χ2v) is 7.93. The van der Waals surface area contributed by atoms with Gasteiger partial charge in [0, 0.05) is 26.4 Å². The number of likely N-dealkylation sites (tertiary alicyclic amines) is 1. The number of hydrogen-bond donors (Lipinski definition) is 1. The SMILES string of the molecule is Cn1nccc1[C@H]1OCC[C@@H]1NS(=O)(=O)CCN1CCCC1. The van der Waals surface area contributed by atoms with Gasteiger partial charge in [-0.05, 0) is 38.4 Å². The fourth-order valence-electron chi connectivity index (χ4n) is 3.21. The highest BCUT2D eigenvalue weighted by molar-refractivity contribution is 7.89. The Hall–Kier alpha value is -0.960. The van der Waals surface area contributed by atoms with Crippen molar-refractivity contribution in [2.24, 2.45) is 7.05 Å². The average Bonchev–Trinajstić information content (AvgIpc) is 3.18. The van der Waals surface area contributed by atoms with Crippen molar-refractivity contribution < 1.29 is 13.2 Å². The van der Waals surface area contributed by atoms with Crippen LogP contribution in [0.3, 0.4) is 0 Å². The Morgan fingerprint density at radius 2 is 2.18 bits per heavy atom. The molecule has 2 atom stereocenters. The van der Waals surface area contributed by atoms with Gasteiger partial charge in [0.25, 0.3) is 0 Å². The highest BCUT2D eigenvalue weighted by Gasteiger charge is 2.34. The van der Waals surface area contributed by atoms with Crippen molar-refractivity contribution >= 4 is 10.0 Å². The summed E-state index contributed by atoms with van der Waals surface area (Å²) in [6.07, 6.45) is 4.49. The lowest BCUT2D eigenvalue weighted by molar-refractivity contribution is 0.0959. The second-order valence-electron chi connectivity index (χ2n) is 6.05. The van der Waals surface area contributed by atoms with Gasteiger partial charge >= 0.3 is 0 Å². The Balaban J connectivity index is 1.59. The number of ether oxygens (including phenoxy) is 1. The van der Waals surface area contributed by atoms with E-state index in [0.717, 1.165) is 18.8 Å². The van der Waals surface area contributed by atoms with Gasteiger partial charge in [-0.1, -0.05) is 0 Å². The summed E-state index contributed by atoms with van der Waals surface area (Å²) in [6.45, 7) is 3.20. The van der Waals surface area contributed by atoms with Gasteiger partial charge in [-0.25, -0.2) is 13.1 Å². The van der Waals surface area contributed by atoms with Crippen LogP contribution in [-0.4, -0.2) is 61.1 Å². The van der Waals surface area contributed by atoms with Crippen molar-refractivity contribution in [3.63, 3.8) is 0 Å². The summed E-state index contributed by atoms with van der Waals surface area (Å²) in [6, 6.07) is 1.67. The molecule has 0 radical (unpaired) electrons. The maximum atomic E-state index is 12.3. The molecule has 2 fully saturated rings. The summed E-state index contributed by atoms with van der Waals surface area (Å²) in [5, 5.41) is 4.13. The molecule has 1 aromatic rings. The number of rotatable bonds is 6. The summed E-state index contributed by atoms with van der Waals surface area (Å²) < 4.78 is 34.9. The summed E-state index contributed by atoms with van der Waals surface area (Å²) >= 11 is 0. The van der Waals surface area contributed by atoms with E-state index in [2.05, 4.69) is 14.7 Å². The minimum Gasteiger partial charge on any atom is -0.370 e. The molecule has 2 aliphatic heterocycles. The van der Waals surface area contributed by atoms with E-state index in [1.165, 1.54) is 12.8 Å². The van der Waals surface area contributed by atoms with Crippen molar-refractivity contribution in [1.82, 2.24) is 19.4 Å². The van der Waals surface area contributed by atoms with Gasteiger partial charge in [-0.2, -0.15) is 5.10 Å². The Kier molecular flexibility index (Phi) is 4.82. The number of hydrogen-bond acceptors (Lipinski definition) is 5. The van der Waals surface area contributed by atoms with E-state index >= 15 is 0 Å². The molecule has 0 unspecified atom stereocenters. The zero-order valence-corrected chi connectivity index (χ0v) is 13.8. The first kappa shape index (κ1) is 15.9. The summed E-state index contributed by atoms with van der Waals surface area (Å²) in [4.78, 5) is 2.21. The molecule has 2 aliphatic rings. The quantitative estimate of drug-likeness (QED) is 0.811. The van der Waals surface area contributed by atoms with Crippen molar-refractivity contribution in [1.29, 1.82) is 0 Å². The third kappa shape index (κ3) is 3.68. The van der Waals surface area contributed by atoms with Crippen LogP contribution in [0.4, 0.5) is 0 Å². The molecule has 0 spiro atoms. The molecule has 124 valence electrons. The molecular formula is C14H24N4O3S. The van der Waals surface area contributed by atoms with Crippen LogP contribution in [-0.2, 0) is 21.8 Å². The predicted octanol–water partition coefficient (Wildman–Crippen LogP) is 0.265. The van der Waals surface area contributed by atoms with Gasteiger partial charge in [-0.3, -0.25) is 4.68 Å². The number of nitrogens with one attached hydrogen (secondary N) is 1. The third-order valence-corrected chi connectivity index (χ3v) is 5.83. The number of aromatic nitrogens is 2. The minimum absolute atomic E-state index is 0.154. The van der Waals surface area contributed by atoms with Crippen LogP contribution in [0, 0.1) is 0 Å². The highest BCUT2D eigenvalue weighted by atomic mass is 32.2. The fraction of sp³-hybridized carbons (Fsp3) is 0.786. The molecule has 8 heteroatoms. The summed E-state index contributed by atoms with van der Waals surface area (Å²) in [7, 11) is -1.45. The largest absolute Gasteiger partial charge is 0.370 e. The zero-order valence-electron chi connectivity index (χ0n) is 12.9. The van der Waals surface area contributed by atoms with Gasteiger partial charge in [-0.15, -0.1) is 0 Å². The maximum absolute atomic E-state index is 12.3. The van der Waals surface area contributed by atoms with Gasteiger partial charge in [0.15, 0.2) is 0 Å². The first-order valence-corrected chi connectivity index (χ1v) is 9.52. The number of sulfonamides is 1. The standard InChI is InChI=1S/C14H24N4O3S/c1-17-13(4-6-15-17)14-12(5-10-21-14)16-22(19,20)11-9-18-7-2-3-8-18/h4,6,12,14,16H,2-3,5,7-11H2,1H3/t12-,14-/m0/s1. The molecule has 0 aliphatic carbocycles. The van der Waals surface area contributed by atoms with Gasteiger partial charge in [0.1, 0.15) is 6.10 Å². The second kappa shape index (κ2) is 6.66. The van der Waals surface area contributed by atoms with Crippen molar-refractivity contribution in [3.05, 3.63) is 18.0 Å². The van der Waals surface area contributed by atoms with Gasteiger partial charge in [0.05, 0.1) is 17.5 Å². The van der Waals surface area contributed by atoms with Crippen molar-refractivity contribution in [3.8, 4) is 0 Å². The molecule has 1 N–H and O–H groups in total. The number of nitrogens with zero attached hydrogens (tertiary/aromatic N) is 3. The van der Waals surface area contributed by atoms with Crippen molar-refractivity contribution in [2.75, 3.05) is 32.0 Å². The topological polar surface area (TPSA) is 76.5 Å². The molecule has 0 amide bonds. The monoisotopic (exact) mass is 328 g/mol. The van der Waals surface area contributed by atoms with Crippen molar-refractivity contribution in [2.45, 2.75) is 31.4 Å². The Labute approximate surface area is 131 Å². The first-order valence-electron chi connectivity index (χ1n) is 7.87. The van der Waals surface area contributed by atoms with Crippen LogP contribution < -0.4 is 4.72 Å². The van der Waals surface area contributed by atoms with E-state index in [1.54, 1.807) is 10.9 Å². The van der Waals surface area contributed by atoms with Crippen LogP contribution in [0.15, 0.2) is 12.3 Å². The summed E-state index contributed by atoms with van der Waals surface area (Å²) in [5.41, 5.74) is 0.907. The van der Waals surface area contributed by atoms with E-state index in [4.69, 9.17) is 4.74 Å². The average molecular weight is 328 g/mol. The van der Waals surface area contributed by atoms with Crippen LogP contribution in [0.25, 0.3) is 0 Å². The minimum atomic E-state index is -3.29. The lowest BCUT2D eigenvalue weighted by Crippen LogP contribution is -2.41. The molecular weight excluding hydrogens is 304 g/mol. The molecule has 7 nitrogen and oxygen atoms in total. The van der Waals surface area contributed by atoms with Gasteiger partial charge < -0.3 is 9.64 Å². The van der Waals surface area contributed by atoms with Crippen LogP contribution >= 0.6 is 0 Å². The van der Waals surface area contributed by atoms with E-state index < -0.39 is 10.0 Å². The normalized spacial score (nSPS) is 26.8. The van der Waals surface area contributed by atoms with Crippen LogP contribution in [0.1, 0.15) is 31.1 Å². The van der Waals surface area contributed by atoms with Crippen LogP contribution in [0.5, 0.6) is 0 Å². The number of aryl methyl sites for hydroxylation is 1. The van der Waals surface area contributed by atoms with Gasteiger partial charge in [0.2, 0.25) is 10.0 Å². The first-order chi connectivity index (χ1) is 10.6.